The fourth-order valence-electron chi connectivity index (χ4n) is 4.14. The number of rotatable bonds is 9. The number of aromatic nitrogens is 4. The third kappa shape index (κ3) is 4.62. The number of unbranched alkanes of at least 4 members (excludes halogenated alkanes) is 1. The van der Waals surface area contributed by atoms with Gasteiger partial charge in [-0.2, -0.15) is 15.0 Å². The average molecular weight is 418 g/mol. The van der Waals surface area contributed by atoms with Crippen molar-refractivity contribution in [3.63, 3.8) is 0 Å². The molecule has 0 unspecified atom stereocenters. The molecule has 2 fully saturated rings. The van der Waals surface area contributed by atoms with Gasteiger partial charge in [0.2, 0.25) is 0 Å². The Morgan fingerprint density at radius 3 is 2.40 bits per heavy atom. The lowest BCUT2D eigenvalue weighted by atomic mass is 9.96. The monoisotopic (exact) mass is 417 g/mol. The maximum Gasteiger partial charge on any atom is 0.320 e. The molecule has 3 heterocycles. The standard InChI is InChI=1S/C21H35N7O2/c1-15(2)27-13-11-26(12-14-27)9-4-5-10-28-19-17(23-21(28)29-3)18(22)24-20(25-19)30-16-7-6-8-16/h15-16H,4-14H2,1-3H3,(H2,22,24,25). The van der Waals surface area contributed by atoms with E-state index < -0.39 is 0 Å². The molecule has 9 nitrogen and oxygen atoms in total. The van der Waals surface area contributed by atoms with Crippen molar-refractivity contribution in [2.75, 3.05) is 45.6 Å². The van der Waals surface area contributed by atoms with Crippen LogP contribution in [0.4, 0.5) is 5.82 Å². The van der Waals surface area contributed by atoms with Gasteiger partial charge in [0.05, 0.1) is 7.11 Å². The predicted molar refractivity (Wildman–Crippen MR) is 117 cm³/mol. The zero-order chi connectivity index (χ0) is 21.1. The summed E-state index contributed by atoms with van der Waals surface area (Å²) in [6, 6.07) is 1.51. The molecule has 2 aromatic heterocycles. The summed E-state index contributed by atoms with van der Waals surface area (Å²) >= 11 is 0. The molecule has 0 aromatic carbocycles. The number of nitrogens with two attached hydrogens (primary N) is 1. The molecular formula is C21H35N7O2. The minimum absolute atomic E-state index is 0.205. The predicted octanol–water partition coefficient (Wildman–Crippen LogP) is 2.15. The molecule has 30 heavy (non-hydrogen) atoms. The molecule has 9 heteroatoms. The molecule has 166 valence electrons. The van der Waals surface area contributed by atoms with Gasteiger partial charge in [-0.1, -0.05) is 0 Å². The first-order chi connectivity index (χ1) is 14.5. The van der Waals surface area contributed by atoms with E-state index in [2.05, 4.69) is 38.6 Å². The van der Waals surface area contributed by atoms with Crippen LogP contribution in [-0.2, 0) is 6.54 Å². The lowest BCUT2D eigenvalue weighted by molar-refractivity contribution is 0.107. The highest BCUT2D eigenvalue weighted by molar-refractivity contribution is 5.83. The number of anilines is 1. The van der Waals surface area contributed by atoms with Crippen LogP contribution in [0.15, 0.2) is 0 Å². The molecule has 0 radical (unpaired) electrons. The van der Waals surface area contributed by atoms with Gasteiger partial charge in [0, 0.05) is 38.8 Å². The number of fused-ring (bicyclic) bond motifs is 1. The molecule has 0 amide bonds. The number of imidazole rings is 1. The maximum atomic E-state index is 6.14. The van der Waals surface area contributed by atoms with Crippen LogP contribution < -0.4 is 15.2 Å². The van der Waals surface area contributed by atoms with E-state index in [1.807, 2.05) is 4.57 Å². The highest BCUT2D eigenvalue weighted by Crippen LogP contribution is 2.28. The lowest BCUT2D eigenvalue weighted by Gasteiger charge is -2.36. The van der Waals surface area contributed by atoms with Gasteiger partial charge < -0.3 is 20.1 Å². The van der Waals surface area contributed by atoms with Gasteiger partial charge in [-0.05, 0) is 52.5 Å². The number of methoxy groups -OCH3 is 1. The number of piperazine rings is 1. The third-order valence-electron chi connectivity index (χ3n) is 6.32. The molecule has 1 saturated heterocycles. The summed E-state index contributed by atoms with van der Waals surface area (Å²) in [6.45, 7) is 11.1. The Kier molecular flexibility index (Phi) is 6.58. The van der Waals surface area contributed by atoms with Crippen molar-refractivity contribution in [1.82, 2.24) is 29.3 Å². The normalized spacial score (nSPS) is 18.8. The summed E-state index contributed by atoms with van der Waals surface area (Å²) in [6.07, 6.45) is 5.65. The van der Waals surface area contributed by atoms with Crippen molar-refractivity contribution in [3.8, 4) is 12.0 Å². The molecule has 0 bridgehead atoms. The molecule has 4 rings (SSSR count). The molecule has 2 N–H and O–H groups in total. The molecule has 1 saturated carbocycles. The summed E-state index contributed by atoms with van der Waals surface area (Å²) < 4.78 is 13.4. The zero-order valence-electron chi connectivity index (χ0n) is 18.5. The largest absolute Gasteiger partial charge is 0.468 e. The van der Waals surface area contributed by atoms with E-state index in [1.165, 1.54) is 6.42 Å². The van der Waals surface area contributed by atoms with Gasteiger partial charge in [-0.15, -0.1) is 0 Å². The van der Waals surface area contributed by atoms with Crippen LogP contribution in [0, 0.1) is 0 Å². The summed E-state index contributed by atoms with van der Waals surface area (Å²) in [4.78, 5) is 18.5. The summed E-state index contributed by atoms with van der Waals surface area (Å²) in [7, 11) is 1.63. The summed E-state index contributed by atoms with van der Waals surface area (Å²) in [5, 5.41) is 0. The lowest BCUT2D eigenvalue weighted by Crippen LogP contribution is -2.48. The molecule has 2 aliphatic rings. The number of nitrogens with zero attached hydrogens (tertiary/aromatic N) is 6. The molecule has 2 aromatic rings. The van der Waals surface area contributed by atoms with Crippen molar-refractivity contribution in [2.45, 2.75) is 64.6 Å². The van der Waals surface area contributed by atoms with Crippen molar-refractivity contribution in [3.05, 3.63) is 0 Å². The fraction of sp³-hybridized carbons (Fsp3) is 0.762. The smallest absolute Gasteiger partial charge is 0.320 e. The Labute approximate surface area is 178 Å². The van der Waals surface area contributed by atoms with Crippen LogP contribution in [0.3, 0.4) is 0 Å². The quantitative estimate of drug-likeness (QED) is 0.620. The van der Waals surface area contributed by atoms with Gasteiger partial charge >= 0.3 is 6.01 Å². The number of ether oxygens (including phenoxy) is 2. The molecule has 1 aliphatic carbocycles. The summed E-state index contributed by atoms with van der Waals surface area (Å²) in [5.41, 5.74) is 7.42. The van der Waals surface area contributed by atoms with E-state index in [-0.39, 0.29) is 6.10 Å². The molecule has 1 aliphatic heterocycles. The highest BCUT2D eigenvalue weighted by atomic mass is 16.5. The van der Waals surface area contributed by atoms with Crippen LogP contribution in [-0.4, -0.2) is 81.3 Å². The minimum Gasteiger partial charge on any atom is -0.468 e. The second-order valence-electron chi connectivity index (χ2n) is 8.66. The van der Waals surface area contributed by atoms with Gasteiger partial charge in [-0.3, -0.25) is 9.47 Å². The number of hydrogen-bond acceptors (Lipinski definition) is 8. The Morgan fingerprint density at radius 1 is 1.03 bits per heavy atom. The van der Waals surface area contributed by atoms with Crippen molar-refractivity contribution >= 4 is 17.0 Å². The van der Waals surface area contributed by atoms with E-state index in [0.717, 1.165) is 65.0 Å². The van der Waals surface area contributed by atoms with Gasteiger partial charge in [0.25, 0.3) is 6.01 Å². The van der Waals surface area contributed by atoms with E-state index in [0.29, 0.717) is 35.0 Å². The Balaban J connectivity index is 1.36. The van der Waals surface area contributed by atoms with E-state index >= 15 is 0 Å². The Bertz CT molecular complexity index is 841. The van der Waals surface area contributed by atoms with Gasteiger partial charge in [0.15, 0.2) is 17.0 Å². The zero-order valence-corrected chi connectivity index (χ0v) is 18.5. The Hall–Kier alpha value is -2.13. The van der Waals surface area contributed by atoms with Crippen molar-refractivity contribution in [2.24, 2.45) is 0 Å². The maximum absolute atomic E-state index is 6.14. The second kappa shape index (κ2) is 9.34. The van der Waals surface area contributed by atoms with E-state index in [9.17, 15) is 0 Å². The van der Waals surface area contributed by atoms with Crippen LogP contribution in [0.2, 0.25) is 0 Å². The SMILES string of the molecule is COc1nc2c(N)nc(OC3CCC3)nc2n1CCCCN1CCN(C(C)C)CC1. The van der Waals surface area contributed by atoms with Crippen LogP contribution in [0.5, 0.6) is 12.0 Å². The van der Waals surface area contributed by atoms with Crippen molar-refractivity contribution < 1.29 is 9.47 Å². The summed E-state index contributed by atoms with van der Waals surface area (Å²) in [5.74, 6) is 0.342. The molecule has 0 spiro atoms. The molecular weight excluding hydrogens is 382 g/mol. The Morgan fingerprint density at radius 2 is 1.77 bits per heavy atom. The highest BCUT2D eigenvalue weighted by Gasteiger charge is 2.23. The second-order valence-corrected chi connectivity index (χ2v) is 8.66. The number of hydrogen-bond donors (Lipinski definition) is 1. The van der Waals surface area contributed by atoms with E-state index in [1.54, 1.807) is 7.11 Å². The van der Waals surface area contributed by atoms with Crippen molar-refractivity contribution in [1.29, 1.82) is 0 Å². The average Bonchev–Trinajstić information content (AvgIpc) is 3.06. The first-order valence-electron chi connectivity index (χ1n) is 11.3. The minimum atomic E-state index is 0.205. The molecule has 0 atom stereocenters. The first kappa shape index (κ1) is 21.1. The van der Waals surface area contributed by atoms with E-state index in [4.69, 9.17) is 15.2 Å². The van der Waals surface area contributed by atoms with Crippen LogP contribution >= 0.6 is 0 Å². The van der Waals surface area contributed by atoms with Gasteiger partial charge in [0.1, 0.15) is 6.10 Å². The number of nitrogen functional groups attached to an aromatic ring is 1. The topological polar surface area (TPSA) is 94.6 Å². The fourth-order valence-corrected chi connectivity index (χ4v) is 4.14. The van der Waals surface area contributed by atoms with Crippen LogP contribution in [0.25, 0.3) is 11.2 Å². The van der Waals surface area contributed by atoms with Gasteiger partial charge in [-0.25, -0.2) is 0 Å². The number of aryl methyl sites for hydroxylation is 1. The van der Waals surface area contributed by atoms with Crippen LogP contribution in [0.1, 0.15) is 46.0 Å². The third-order valence-corrected chi connectivity index (χ3v) is 6.32. The first-order valence-corrected chi connectivity index (χ1v) is 11.3.